The maximum atomic E-state index is 5.55. The molecule has 0 N–H and O–H groups in total. The summed E-state index contributed by atoms with van der Waals surface area (Å²) in [5.41, 5.74) is 3.17. The summed E-state index contributed by atoms with van der Waals surface area (Å²) in [7, 11) is 0. The first-order valence-corrected chi connectivity index (χ1v) is 10.8. The van der Waals surface area contributed by atoms with Gasteiger partial charge < -0.3 is 14.2 Å². The Kier molecular flexibility index (Phi) is 5.72. The monoisotopic (exact) mass is 405 g/mol. The summed E-state index contributed by atoms with van der Waals surface area (Å²) < 4.78 is 11.0. The number of ether oxygens (including phenoxy) is 1. The SMILES string of the molecule is c1cc(-c2noc(-c3ccc(CN4CCCCC4)cc3)n2)cc(N2CCOCC2)n1. The van der Waals surface area contributed by atoms with Gasteiger partial charge in [-0.2, -0.15) is 4.98 Å². The lowest BCUT2D eigenvalue weighted by molar-refractivity contribution is 0.122. The lowest BCUT2D eigenvalue weighted by Crippen LogP contribution is -2.36. The van der Waals surface area contributed by atoms with E-state index < -0.39 is 0 Å². The molecule has 156 valence electrons. The van der Waals surface area contributed by atoms with Crippen molar-refractivity contribution in [1.29, 1.82) is 0 Å². The van der Waals surface area contributed by atoms with Gasteiger partial charge in [-0.25, -0.2) is 4.98 Å². The molecular weight excluding hydrogens is 378 g/mol. The van der Waals surface area contributed by atoms with Gasteiger partial charge in [0, 0.05) is 37.0 Å². The second-order valence-electron chi connectivity index (χ2n) is 7.96. The second-order valence-corrected chi connectivity index (χ2v) is 7.96. The number of piperidine rings is 1. The molecule has 0 atom stereocenters. The Morgan fingerprint density at radius 3 is 2.47 bits per heavy atom. The van der Waals surface area contributed by atoms with E-state index in [9.17, 15) is 0 Å². The van der Waals surface area contributed by atoms with Crippen LogP contribution in [-0.4, -0.2) is 59.4 Å². The zero-order valence-corrected chi connectivity index (χ0v) is 17.2. The predicted octanol–water partition coefficient (Wildman–Crippen LogP) is 3.62. The van der Waals surface area contributed by atoms with E-state index in [4.69, 9.17) is 9.26 Å². The predicted molar refractivity (Wildman–Crippen MR) is 115 cm³/mol. The van der Waals surface area contributed by atoms with Gasteiger partial charge in [-0.1, -0.05) is 23.7 Å². The molecular formula is C23H27N5O2. The number of likely N-dealkylation sites (tertiary alicyclic amines) is 1. The molecule has 2 aromatic heterocycles. The minimum atomic E-state index is 0.541. The summed E-state index contributed by atoms with van der Waals surface area (Å²) in [4.78, 5) is 13.9. The molecule has 0 radical (unpaired) electrons. The lowest BCUT2D eigenvalue weighted by Gasteiger charge is -2.27. The van der Waals surface area contributed by atoms with Crippen molar-refractivity contribution < 1.29 is 9.26 Å². The quantitative estimate of drug-likeness (QED) is 0.642. The van der Waals surface area contributed by atoms with Crippen LogP contribution in [0.4, 0.5) is 5.82 Å². The largest absolute Gasteiger partial charge is 0.378 e. The fourth-order valence-corrected chi connectivity index (χ4v) is 4.11. The van der Waals surface area contributed by atoms with Crippen molar-refractivity contribution in [2.45, 2.75) is 25.8 Å². The number of hydrogen-bond donors (Lipinski definition) is 0. The van der Waals surface area contributed by atoms with Crippen LogP contribution in [0.3, 0.4) is 0 Å². The third-order valence-corrected chi connectivity index (χ3v) is 5.82. The highest BCUT2D eigenvalue weighted by Gasteiger charge is 2.16. The highest BCUT2D eigenvalue weighted by molar-refractivity contribution is 5.63. The van der Waals surface area contributed by atoms with Gasteiger partial charge in [0.25, 0.3) is 5.89 Å². The molecule has 0 aliphatic carbocycles. The van der Waals surface area contributed by atoms with Crippen LogP contribution >= 0.6 is 0 Å². The van der Waals surface area contributed by atoms with E-state index in [1.807, 2.05) is 12.1 Å². The molecule has 30 heavy (non-hydrogen) atoms. The highest BCUT2D eigenvalue weighted by atomic mass is 16.5. The molecule has 0 saturated carbocycles. The first kappa shape index (κ1) is 19.2. The molecule has 2 aliphatic heterocycles. The number of pyridine rings is 1. The molecule has 5 rings (SSSR count). The van der Waals surface area contributed by atoms with E-state index in [-0.39, 0.29) is 0 Å². The van der Waals surface area contributed by atoms with Crippen LogP contribution in [-0.2, 0) is 11.3 Å². The van der Waals surface area contributed by atoms with E-state index in [1.165, 1.54) is 37.9 Å². The molecule has 2 fully saturated rings. The number of rotatable bonds is 5. The fourth-order valence-electron chi connectivity index (χ4n) is 4.11. The first-order chi connectivity index (χ1) is 14.8. The van der Waals surface area contributed by atoms with E-state index in [0.717, 1.165) is 49.8 Å². The average Bonchev–Trinajstić information content (AvgIpc) is 3.31. The minimum Gasteiger partial charge on any atom is -0.378 e. The van der Waals surface area contributed by atoms with Crippen LogP contribution in [0.25, 0.3) is 22.8 Å². The van der Waals surface area contributed by atoms with Crippen molar-refractivity contribution in [2.24, 2.45) is 0 Å². The van der Waals surface area contributed by atoms with E-state index >= 15 is 0 Å². The molecule has 0 bridgehead atoms. The molecule has 1 aromatic carbocycles. The van der Waals surface area contributed by atoms with Crippen molar-refractivity contribution in [3.05, 3.63) is 48.2 Å². The topological polar surface area (TPSA) is 67.5 Å². The Labute approximate surface area is 176 Å². The lowest BCUT2D eigenvalue weighted by atomic mass is 10.1. The number of aromatic nitrogens is 3. The number of morpholine rings is 1. The van der Waals surface area contributed by atoms with Gasteiger partial charge >= 0.3 is 0 Å². The second kappa shape index (κ2) is 8.93. The Morgan fingerprint density at radius 1 is 0.867 bits per heavy atom. The summed E-state index contributed by atoms with van der Waals surface area (Å²) in [6, 6.07) is 12.4. The van der Waals surface area contributed by atoms with Crippen LogP contribution in [0.15, 0.2) is 47.1 Å². The van der Waals surface area contributed by atoms with Crippen LogP contribution in [0.2, 0.25) is 0 Å². The zero-order valence-electron chi connectivity index (χ0n) is 17.2. The van der Waals surface area contributed by atoms with Crippen molar-refractivity contribution in [2.75, 3.05) is 44.3 Å². The van der Waals surface area contributed by atoms with Gasteiger partial charge in [-0.15, -0.1) is 0 Å². The van der Waals surface area contributed by atoms with Gasteiger partial charge in [-0.05, 0) is 55.8 Å². The maximum absolute atomic E-state index is 5.55. The smallest absolute Gasteiger partial charge is 0.258 e. The van der Waals surface area contributed by atoms with Gasteiger partial charge in [0.05, 0.1) is 13.2 Å². The number of hydrogen-bond acceptors (Lipinski definition) is 7. The van der Waals surface area contributed by atoms with Gasteiger partial charge in [0.15, 0.2) is 0 Å². The molecule has 2 saturated heterocycles. The molecule has 3 aromatic rings. The van der Waals surface area contributed by atoms with Crippen molar-refractivity contribution in [3.63, 3.8) is 0 Å². The van der Waals surface area contributed by atoms with Crippen molar-refractivity contribution >= 4 is 5.82 Å². The molecule has 0 spiro atoms. The third-order valence-electron chi connectivity index (χ3n) is 5.82. The number of anilines is 1. The summed E-state index contributed by atoms with van der Waals surface area (Å²) in [5.74, 6) is 2.04. The van der Waals surface area contributed by atoms with Crippen molar-refractivity contribution in [1.82, 2.24) is 20.0 Å². The molecule has 7 nitrogen and oxygen atoms in total. The van der Waals surface area contributed by atoms with E-state index in [2.05, 4.69) is 49.2 Å². The summed E-state index contributed by atoms with van der Waals surface area (Å²) in [5, 5.41) is 4.20. The normalized spacial score (nSPS) is 17.9. The molecule has 4 heterocycles. The molecule has 7 heteroatoms. The van der Waals surface area contributed by atoms with Crippen LogP contribution in [0.1, 0.15) is 24.8 Å². The van der Waals surface area contributed by atoms with Gasteiger partial charge in [0.1, 0.15) is 5.82 Å². The Hall–Kier alpha value is -2.77. The van der Waals surface area contributed by atoms with Gasteiger partial charge in [-0.3, -0.25) is 4.90 Å². The first-order valence-electron chi connectivity index (χ1n) is 10.8. The minimum absolute atomic E-state index is 0.541. The summed E-state index contributed by atoms with van der Waals surface area (Å²) in [6.07, 6.45) is 5.78. The third kappa shape index (κ3) is 4.37. The van der Waals surface area contributed by atoms with Crippen LogP contribution in [0, 0.1) is 0 Å². The van der Waals surface area contributed by atoms with Crippen LogP contribution in [0.5, 0.6) is 0 Å². The van der Waals surface area contributed by atoms with Crippen molar-refractivity contribution in [3.8, 4) is 22.8 Å². The van der Waals surface area contributed by atoms with Crippen LogP contribution < -0.4 is 4.90 Å². The molecule has 0 unspecified atom stereocenters. The number of benzene rings is 1. The zero-order chi connectivity index (χ0) is 20.2. The summed E-state index contributed by atoms with van der Waals surface area (Å²) >= 11 is 0. The molecule has 0 amide bonds. The summed E-state index contributed by atoms with van der Waals surface area (Å²) in [6.45, 7) is 6.56. The standard InChI is InChI=1S/C23H27N5O2/c1-2-10-27(11-3-1)17-18-4-6-19(7-5-18)23-25-22(26-30-23)20-8-9-24-21(16-20)28-12-14-29-15-13-28/h4-9,16H,1-3,10-15,17H2. The Morgan fingerprint density at radius 2 is 1.67 bits per heavy atom. The maximum Gasteiger partial charge on any atom is 0.258 e. The van der Waals surface area contributed by atoms with E-state index in [0.29, 0.717) is 11.7 Å². The molecule has 2 aliphatic rings. The highest BCUT2D eigenvalue weighted by Crippen LogP contribution is 2.25. The van der Waals surface area contributed by atoms with E-state index in [1.54, 1.807) is 6.20 Å². The number of nitrogens with zero attached hydrogens (tertiary/aromatic N) is 5. The Bertz CT molecular complexity index is 960. The Balaban J connectivity index is 1.29. The average molecular weight is 406 g/mol. The van der Waals surface area contributed by atoms with Gasteiger partial charge in [0.2, 0.25) is 5.82 Å². The fraction of sp³-hybridized carbons (Fsp3) is 0.435.